The van der Waals surface area contributed by atoms with Crippen LogP contribution in [-0.2, 0) is 17.9 Å². The zero-order valence-corrected chi connectivity index (χ0v) is 17.1. The van der Waals surface area contributed by atoms with E-state index in [0.29, 0.717) is 19.5 Å². The maximum Gasteiger partial charge on any atom is 0.266 e. The Labute approximate surface area is 168 Å². The van der Waals surface area contributed by atoms with Crippen LogP contribution in [0.2, 0.25) is 0 Å². The van der Waals surface area contributed by atoms with E-state index in [1.54, 1.807) is 28.3 Å². The molecule has 0 aromatic carbocycles. The van der Waals surface area contributed by atoms with Gasteiger partial charge in [-0.05, 0) is 36.4 Å². The van der Waals surface area contributed by atoms with Gasteiger partial charge in [0.1, 0.15) is 5.69 Å². The van der Waals surface area contributed by atoms with Gasteiger partial charge in [-0.15, -0.1) is 11.3 Å². The number of thiophene rings is 1. The molecule has 1 amide bonds. The second-order valence-electron chi connectivity index (χ2n) is 7.08. The zero-order chi connectivity index (χ0) is 20.1. The number of hydrogen-bond donors (Lipinski definition) is 1. The molecule has 0 aliphatic heterocycles. The molecule has 0 saturated heterocycles. The van der Waals surface area contributed by atoms with Crippen molar-refractivity contribution in [2.45, 2.75) is 46.3 Å². The Balaban J connectivity index is 1.67. The molecule has 3 rings (SSSR count). The summed E-state index contributed by atoms with van der Waals surface area (Å²) in [5.74, 6) is 0.102. The number of carbonyl (C=O) groups is 1. The summed E-state index contributed by atoms with van der Waals surface area (Å²) in [6.07, 6.45) is 2.06. The Bertz CT molecular complexity index is 975. The van der Waals surface area contributed by atoms with Crippen LogP contribution in [0, 0.1) is 12.8 Å². The molecule has 3 heterocycles. The number of hydrogen-bond acceptors (Lipinski definition) is 5. The highest BCUT2D eigenvalue weighted by Gasteiger charge is 2.18. The fourth-order valence-corrected chi connectivity index (χ4v) is 3.55. The van der Waals surface area contributed by atoms with Crippen molar-refractivity contribution in [3.63, 3.8) is 0 Å². The van der Waals surface area contributed by atoms with Crippen LogP contribution in [0.1, 0.15) is 26.0 Å². The summed E-state index contributed by atoms with van der Waals surface area (Å²) in [5, 5.41) is 13.7. The second kappa shape index (κ2) is 8.97. The molecular weight excluding hydrogens is 374 g/mol. The maximum absolute atomic E-state index is 12.4. The second-order valence-corrected chi connectivity index (χ2v) is 8.03. The van der Waals surface area contributed by atoms with Crippen molar-refractivity contribution in [1.82, 2.24) is 24.9 Å². The third kappa shape index (κ3) is 4.95. The minimum atomic E-state index is -0.185. The average Bonchev–Trinajstić information content (AvgIpc) is 3.33. The lowest BCUT2D eigenvalue weighted by Crippen LogP contribution is -2.44. The molecule has 7 nitrogen and oxygen atoms in total. The highest BCUT2D eigenvalue weighted by molar-refractivity contribution is 7.13. The Morgan fingerprint density at radius 2 is 2.04 bits per heavy atom. The fourth-order valence-electron chi connectivity index (χ4n) is 2.86. The van der Waals surface area contributed by atoms with Crippen molar-refractivity contribution >= 4 is 17.2 Å². The van der Waals surface area contributed by atoms with E-state index in [2.05, 4.69) is 15.5 Å². The molecule has 0 aliphatic carbocycles. The van der Waals surface area contributed by atoms with Crippen LogP contribution in [0.25, 0.3) is 10.6 Å². The smallest absolute Gasteiger partial charge is 0.266 e. The predicted octanol–water partition coefficient (Wildman–Crippen LogP) is 2.71. The first-order chi connectivity index (χ1) is 13.4. The van der Waals surface area contributed by atoms with E-state index < -0.39 is 0 Å². The SMILES string of the molecule is Cc1ccnn1CCC(=O)N[C@H](Cn1nc(-c2cccs2)ccc1=O)C(C)C. The van der Waals surface area contributed by atoms with E-state index in [9.17, 15) is 9.59 Å². The Morgan fingerprint density at radius 3 is 2.68 bits per heavy atom. The van der Waals surface area contributed by atoms with Gasteiger partial charge in [-0.3, -0.25) is 14.3 Å². The van der Waals surface area contributed by atoms with Gasteiger partial charge in [-0.25, -0.2) is 4.68 Å². The third-order valence-corrected chi connectivity index (χ3v) is 5.53. The Morgan fingerprint density at radius 1 is 1.21 bits per heavy atom. The van der Waals surface area contributed by atoms with Crippen molar-refractivity contribution < 1.29 is 4.79 Å². The molecule has 0 saturated carbocycles. The predicted molar refractivity (Wildman–Crippen MR) is 110 cm³/mol. The van der Waals surface area contributed by atoms with E-state index in [0.717, 1.165) is 16.3 Å². The van der Waals surface area contributed by atoms with Crippen molar-refractivity contribution in [3.8, 4) is 10.6 Å². The topological polar surface area (TPSA) is 81.8 Å². The first kappa shape index (κ1) is 20.0. The Hall–Kier alpha value is -2.74. The molecule has 0 bridgehead atoms. The molecule has 1 N–H and O–H groups in total. The summed E-state index contributed by atoms with van der Waals surface area (Å²) in [7, 11) is 0. The van der Waals surface area contributed by atoms with Gasteiger partial charge >= 0.3 is 0 Å². The summed E-state index contributed by atoms with van der Waals surface area (Å²) in [5.41, 5.74) is 1.61. The molecule has 3 aromatic rings. The van der Waals surface area contributed by atoms with Gasteiger partial charge in [0.05, 0.1) is 17.5 Å². The Kier molecular flexibility index (Phi) is 6.41. The van der Waals surface area contributed by atoms with Crippen LogP contribution >= 0.6 is 11.3 Å². The lowest BCUT2D eigenvalue weighted by molar-refractivity contribution is -0.122. The summed E-state index contributed by atoms with van der Waals surface area (Å²) >= 11 is 1.58. The number of carbonyl (C=O) groups excluding carboxylic acids is 1. The van der Waals surface area contributed by atoms with Crippen LogP contribution in [0.15, 0.2) is 46.7 Å². The monoisotopic (exact) mass is 399 g/mol. The van der Waals surface area contributed by atoms with Crippen LogP contribution < -0.4 is 10.9 Å². The molecule has 0 radical (unpaired) electrons. The maximum atomic E-state index is 12.4. The van der Waals surface area contributed by atoms with Gasteiger partial charge in [0, 0.05) is 30.9 Å². The molecule has 3 aromatic heterocycles. The average molecular weight is 400 g/mol. The van der Waals surface area contributed by atoms with Crippen molar-refractivity contribution in [2.24, 2.45) is 5.92 Å². The van der Waals surface area contributed by atoms with E-state index in [4.69, 9.17) is 0 Å². The zero-order valence-electron chi connectivity index (χ0n) is 16.3. The number of nitrogens with zero attached hydrogens (tertiary/aromatic N) is 4. The van der Waals surface area contributed by atoms with Crippen LogP contribution in [0.5, 0.6) is 0 Å². The number of aryl methyl sites for hydroxylation is 2. The van der Waals surface area contributed by atoms with E-state index in [-0.39, 0.29) is 23.4 Å². The first-order valence-electron chi connectivity index (χ1n) is 9.34. The lowest BCUT2D eigenvalue weighted by atomic mass is 10.0. The van der Waals surface area contributed by atoms with E-state index in [1.807, 2.05) is 44.4 Å². The number of aromatic nitrogens is 4. The minimum Gasteiger partial charge on any atom is -0.351 e. The molecule has 0 unspecified atom stereocenters. The number of rotatable bonds is 8. The van der Waals surface area contributed by atoms with Crippen molar-refractivity contribution in [1.29, 1.82) is 0 Å². The summed E-state index contributed by atoms with van der Waals surface area (Å²) in [6, 6.07) is 8.92. The summed E-state index contributed by atoms with van der Waals surface area (Å²) in [6.45, 7) is 6.87. The third-order valence-electron chi connectivity index (χ3n) is 4.64. The molecule has 8 heteroatoms. The quantitative estimate of drug-likeness (QED) is 0.631. The normalized spacial score (nSPS) is 12.3. The number of nitrogens with one attached hydrogen (secondary N) is 1. The first-order valence-corrected chi connectivity index (χ1v) is 10.2. The van der Waals surface area contributed by atoms with Crippen molar-refractivity contribution in [3.05, 3.63) is 58.0 Å². The molecule has 0 fully saturated rings. The molecule has 1 atom stereocenters. The molecule has 148 valence electrons. The largest absolute Gasteiger partial charge is 0.351 e. The highest BCUT2D eigenvalue weighted by Crippen LogP contribution is 2.21. The fraction of sp³-hybridized carbons (Fsp3) is 0.400. The summed E-state index contributed by atoms with van der Waals surface area (Å²) < 4.78 is 3.25. The lowest BCUT2D eigenvalue weighted by Gasteiger charge is -2.23. The molecule has 28 heavy (non-hydrogen) atoms. The van der Waals surface area contributed by atoms with Crippen molar-refractivity contribution in [2.75, 3.05) is 0 Å². The molecule has 0 aliphatic rings. The van der Waals surface area contributed by atoms with Gasteiger partial charge in [0.25, 0.3) is 5.56 Å². The van der Waals surface area contributed by atoms with E-state index in [1.165, 1.54) is 10.7 Å². The molecular formula is C20H25N5O2S. The molecule has 0 spiro atoms. The van der Waals surface area contributed by atoms with Crippen LogP contribution in [-0.4, -0.2) is 31.5 Å². The number of amides is 1. The highest BCUT2D eigenvalue weighted by atomic mass is 32.1. The van der Waals surface area contributed by atoms with Gasteiger partial charge in [-0.1, -0.05) is 19.9 Å². The van der Waals surface area contributed by atoms with Gasteiger partial charge in [0.2, 0.25) is 5.91 Å². The van der Waals surface area contributed by atoms with Gasteiger partial charge in [-0.2, -0.15) is 10.2 Å². The van der Waals surface area contributed by atoms with Crippen LogP contribution in [0.4, 0.5) is 0 Å². The van der Waals surface area contributed by atoms with Crippen LogP contribution in [0.3, 0.4) is 0 Å². The van der Waals surface area contributed by atoms with Gasteiger partial charge in [0.15, 0.2) is 0 Å². The summed E-state index contributed by atoms with van der Waals surface area (Å²) in [4.78, 5) is 25.7. The van der Waals surface area contributed by atoms with E-state index >= 15 is 0 Å². The standard InChI is InChI=1S/C20H25N5O2S/c1-14(2)17(22-19(26)9-11-24-15(3)8-10-21-24)13-25-20(27)7-6-16(23-25)18-5-4-12-28-18/h4-8,10,12,14,17H,9,11,13H2,1-3H3,(H,22,26)/t17-/m1/s1. The van der Waals surface area contributed by atoms with Gasteiger partial charge < -0.3 is 5.32 Å². The minimum absolute atomic E-state index is 0.0592.